The summed E-state index contributed by atoms with van der Waals surface area (Å²) >= 11 is 12.2. The average Bonchev–Trinajstić information content (AvgIpc) is 2.34. The molecule has 0 bridgehead atoms. The van der Waals surface area contributed by atoms with Gasteiger partial charge in [-0.15, -0.1) is 0 Å². The molecule has 0 saturated heterocycles. The molecular weight excluding hydrogens is 338 g/mol. The first-order chi connectivity index (χ1) is 8.27. The van der Waals surface area contributed by atoms with E-state index in [9.17, 15) is 0 Å². The number of halogens is 2. The maximum Gasteiger partial charge on any atom is -0.412 e. The fraction of sp³-hybridized carbons (Fsp3) is 0. The molecule has 0 aliphatic rings. The Morgan fingerprint density at radius 2 is 1.05 bits per heavy atom. The first kappa shape index (κ1) is 18.0. The SMILES string of the molecule is Clc1ccccc1[O][Co][O]c1ccccc1Cl.O.O. The van der Waals surface area contributed by atoms with Crippen molar-refractivity contribution in [2.24, 2.45) is 0 Å². The summed E-state index contributed by atoms with van der Waals surface area (Å²) < 4.78 is 10.7. The fourth-order valence-electron chi connectivity index (χ4n) is 1.07. The number of benzene rings is 2. The van der Waals surface area contributed by atoms with Crippen LogP contribution in [0.4, 0.5) is 0 Å². The monoisotopic (exact) mass is 349 g/mol. The molecule has 0 unspecified atom stereocenters. The van der Waals surface area contributed by atoms with E-state index >= 15 is 0 Å². The Balaban J connectivity index is 0.00000162. The van der Waals surface area contributed by atoms with Crippen LogP contribution in [0.2, 0.25) is 10.0 Å². The third-order valence-electron chi connectivity index (χ3n) is 1.88. The molecule has 2 aromatic rings. The molecule has 0 saturated carbocycles. The summed E-state index contributed by atoms with van der Waals surface area (Å²) in [6.07, 6.45) is 0. The van der Waals surface area contributed by atoms with E-state index in [1.807, 2.05) is 24.3 Å². The first-order valence-corrected chi connectivity index (χ1v) is 6.32. The largest absolute Gasteiger partial charge is 0.412 e. The molecular formula is C12H12Cl2CoO4. The van der Waals surface area contributed by atoms with Crippen molar-refractivity contribution in [2.75, 3.05) is 0 Å². The number of para-hydroxylation sites is 2. The van der Waals surface area contributed by atoms with E-state index < -0.39 is 0 Å². The smallest absolute Gasteiger partial charge is 0.412 e. The summed E-state index contributed by atoms with van der Waals surface area (Å²) in [6.45, 7) is 0. The third kappa shape index (κ3) is 5.28. The van der Waals surface area contributed by atoms with E-state index in [1.54, 1.807) is 24.3 Å². The maximum absolute atomic E-state index is 5.93. The Kier molecular flexibility index (Phi) is 8.58. The van der Waals surface area contributed by atoms with Gasteiger partial charge in [0.05, 0.1) is 0 Å². The van der Waals surface area contributed by atoms with Gasteiger partial charge in [0.15, 0.2) is 0 Å². The molecule has 107 valence electrons. The number of hydrogen-bond donors (Lipinski definition) is 0. The van der Waals surface area contributed by atoms with E-state index in [2.05, 4.69) is 0 Å². The molecule has 19 heavy (non-hydrogen) atoms. The summed E-state index contributed by atoms with van der Waals surface area (Å²) in [4.78, 5) is 0. The van der Waals surface area contributed by atoms with Crippen LogP contribution in [-0.2, 0) is 15.3 Å². The van der Waals surface area contributed by atoms with Gasteiger partial charge in [0, 0.05) is 0 Å². The first-order valence-electron chi connectivity index (χ1n) is 4.71. The second kappa shape index (κ2) is 9.03. The van der Waals surface area contributed by atoms with Crippen LogP contribution in [0.15, 0.2) is 48.5 Å². The Labute approximate surface area is 127 Å². The van der Waals surface area contributed by atoms with Crippen LogP contribution in [0.5, 0.6) is 11.5 Å². The predicted octanol–water partition coefficient (Wildman–Crippen LogP) is 2.71. The van der Waals surface area contributed by atoms with Crippen molar-refractivity contribution in [1.82, 2.24) is 0 Å². The zero-order valence-electron chi connectivity index (χ0n) is 9.52. The van der Waals surface area contributed by atoms with Gasteiger partial charge in [0.25, 0.3) is 0 Å². The van der Waals surface area contributed by atoms with Crippen molar-refractivity contribution in [2.45, 2.75) is 0 Å². The zero-order valence-corrected chi connectivity index (χ0v) is 12.1. The summed E-state index contributed by atoms with van der Waals surface area (Å²) in [7, 11) is 0. The van der Waals surface area contributed by atoms with Crippen LogP contribution in [0.25, 0.3) is 0 Å². The fourth-order valence-corrected chi connectivity index (χ4v) is 2.13. The van der Waals surface area contributed by atoms with Crippen LogP contribution in [-0.4, -0.2) is 11.0 Å². The summed E-state index contributed by atoms with van der Waals surface area (Å²) in [6, 6.07) is 14.4. The molecule has 0 aromatic heterocycles. The summed E-state index contributed by atoms with van der Waals surface area (Å²) in [5.41, 5.74) is 0. The minimum absolute atomic E-state index is 0. The van der Waals surface area contributed by atoms with Crippen LogP contribution in [0, 0.1) is 0 Å². The molecule has 2 aromatic carbocycles. The van der Waals surface area contributed by atoms with Crippen LogP contribution in [0.1, 0.15) is 0 Å². The van der Waals surface area contributed by atoms with E-state index in [1.165, 1.54) is 0 Å². The van der Waals surface area contributed by atoms with Crippen LogP contribution >= 0.6 is 23.2 Å². The minimum atomic E-state index is 0. The van der Waals surface area contributed by atoms with Crippen molar-refractivity contribution >= 4 is 23.2 Å². The normalized spacial score (nSPS) is 9.16. The standard InChI is InChI=1S/2C6H5ClO.Co.2H2O/c2*7-5-3-1-2-4-6(5)8;;;/h2*1-4,8H;;2*1H2/q;;+2;;/p-2. The molecule has 0 fully saturated rings. The molecule has 0 spiro atoms. The van der Waals surface area contributed by atoms with Crippen LogP contribution in [0.3, 0.4) is 0 Å². The van der Waals surface area contributed by atoms with Gasteiger partial charge in [0.1, 0.15) is 0 Å². The second-order valence-corrected chi connectivity index (χ2v) is 4.47. The molecule has 0 radical (unpaired) electrons. The summed E-state index contributed by atoms with van der Waals surface area (Å²) in [5.74, 6) is 1.14. The molecule has 0 heterocycles. The van der Waals surface area contributed by atoms with Crippen LogP contribution < -0.4 is 7.70 Å². The molecule has 0 atom stereocenters. The Hall–Kier alpha value is -0.954. The van der Waals surface area contributed by atoms with Crippen molar-refractivity contribution in [3.63, 3.8) is 0 Å². The van der Waals surface area contributed by atoms with Gasteiger partial charge >= 0.3 is 116 Å². The Bertz CT molecular complexity index is 465. The van der Waals surface area contributed by atoms with Gasteiger partial charge in [-0.05, 0) is 0 Å². The third-order valence-corrected chi connectivity index (χ3v) is 3.13. The molecule has 0 aliphatic carbocycles. The van der Waals surface area contributed by atoms with Gasteiger partial charge in [-0.25, -0.2) is 0 Å². The quantitative estimate of drug-likeness (QED) is 0.850. The average molecular weight is 350 g/mol. The maximum atomic E-state index is 5.93. The molecule has 7 heteroatoms. The van der Waals surface area contributed by atoms with Gasteiger partial charge < -0.3 is 11.0 Å². The van der Waals surface area contributed by atoms with E-state index in [-0.39, 0.29) is 11.0 Å². The van der Waals surface area contributed by atoms with Gasteiger partial charge in [-0.3, -0.25) is 0 Å². The molecule has 0 aliphatic heterocycles. The second-order valence-electron chi connectivity index (χ2n) is 3.05. The Morgan fingerprint density at radius 3 is 1.42 bits per heavy atom. The van der Waals surface area contributed by atoms with Crippen molar-refractivity contribution in [3.05, 3.63) is 58.6 Å². The minimum Gasteiger partial charge on any atom is -0.412 e. The van der Waals surface area contributed by atoms with Gasteiger partial charge in [-0.1, -0.05) is 0 Å². The van der Waals surface area contributed by atoms with E-state index in [0.717, 1.165) is 0 Å². The molecule has 0 amide bonds. The Morgan fingerprint density at radius 1 is 0.684 bits per heavy atom. The number of rotatable bonds is 4. The van der Waals surface area contributed by atoms with Crippen molar-refractivity contribution < 1.29 is 34.0 Å². The van der Waals surface area contributed by atoms with Gasteiger partial charge in [-0.2, -0.15) is 0 Å². The van der Waals surface area contributed by atoms with Crippen molar-refractivity contribution in [1.29, 1.82) is 0 Å². The molecule has 4 N–H and O–H groups in total. The van der Waals surface area contributed by atoms with Gasteiger partial charge in [0.2, 0.25) is 0 Å². The zero-order chi connectivity index (χ0) is 12.1. The van der Waals surface area contributed by atoms with Crippen molar-refractivity contribution in [3.8, 4) is 11.5 Å². The predicted molar refractivity (Wildman–Crippen MR) is 71.4 cm³/mol. The molecule has 4 nitrogen and oxygen atoms in total. The number of hydrogen-bond acceptors (Lipinski definition) is 2. The molecule has 2 rings (SSSR count). The topological polar surface area (TPSA) is 81.5 Å². The van der Waals surface area contributed by atoms with E-state index in [0.29, 0.717) is 36.9 Å². The summed E-state index contributed by atoms with van der Waals surface area (Å²) in [5, 5.41) is 1.09. The van der Waals surface area contributed by atoms with E-state index in [4.69, 9.17) is 30.9 Å².